The number of aliphatic carboxylic acids is 1. The van der Waals surface area contributed by atoms with E-state index in [-0.39, 0.29) is 18.0 Å². The number of benzene rings is 1. The topological polar surface area (TPSA) is 80.4 Å². The lowest BCUT2D eigenvalue weighted by atomic mass is 9.96. The second kappa shape index (κ2) is 5.25. The van der Waals surface area contributed by atoms with E-state index in [1.807, 2.05) is 6.92 Å². The fraction of sp³-hybridized carbons (Fsp3) is 0.364. The van der Waals surface area contributed by atoms with Crippen LogP contribution in [0.5, 0.6) is 0 Å². The number of hydrogen-bond acceptors (Lipinski definition) is 3. The molecule has 0 aliphatic carbocycles. The molecule has 0 fully saturated rings. The van der Waals surface area contributed by atoms with Crippen molar-refractivity contribution in [1.82, 2.24) is 0 Å². The number of rotatable bonds is 5. The van der Waals surface area contributed by atoms with Gasteiger partial charge in [0.1, 0.15) is 0 Å². The summed E-state index contributed by atoms with van der Waals surface area (Å²) in [4.78, 5) is 20.5. The van der Waals surface area contributed by atoms with Crippen molar-refractivity contribution in [2.45, 2.75) is 25.7 Å². The van der Waals surface area contributed by atoms with Crippen molar-refractivity contribution in [2.75, 3.05) is 0 Å². The first-order chi connectivity index (χ1) is 7.50. The van der Waals surface area contributed by atoms with Gasteiger partial charge in [0, 0.05) is 18.6 Å². The molecule has 1 rings (SSSR count). The van der Waals surface area contributed by atoms with E-state index in [1.54, 1.807) is 12.1 Å². The van der Waals surface area contributed by atoms with Gasteiger partial charge in [-0.05, 0) is 17.9 Å². The predicted molar refractivity (Wildman–Crippen MR) is 58.4 cm³/mol. The first kappa shape index (κ1) is 12.2. The third-order valence-corrected chi connectivity index (χ3v) is 2.44. The minimum atomic E-state index is -0.850. The Labute approximate surface area is 92.9 Å². The number of nitrogens with zero attached hydrogens (tertiary/aromatic N) is 1. The Bertz CT molecular complexity index is 403. The first-order valence-electron chi connectivity index (χ1n) is 4.97. The Morgan fingerprint density at radius 2 is 2.25 bits per heavy atom. The quantitative estimate of drug-likeness (QED) is 0.614. The molecule has 0 bridgehead atoms. The SMILES string of the molecule is CC(CCC(=O)O)c1cccc([N+](=O)[O-])c1. The Hall–Kier alpha value is -1.91. The lowest BCUT2D eigenvalue weighted by Crippen LogP contribution is -2.00. The molecule has 0 heterocycles. The zero-order valence-corrected chi connectivity index (χ0v) is 8.92. The van der Waals surface area contributed by atoms with E-state index in [1.165, 1.54) is 12.1 Å². The van der Waals surface area contributed by atoms with Crippen LogP contribution in [0.2, 0.25) is 0 Å². The van der Waals surface area contributed by atoms with E-state index >= 15 is 0 Å². The number of hydrogen-bond donors (Lipinski definition) is 1. The highest BCUT2D eigenvalue weighted by Crippen LogP contribution is 2.24. The van der Waals surface area contributed by atoms with E-state index in [2.05, 4.69) is 0 Å². The zero-order chi connectivity index (χ0) is 12.1. The van der Waals surface area contributed by atoms with Gasteiger partial charge in [0.2, 0.25) is 0 Å². The molecule has 1 aromatic rings. The maximum absolute atomic E-state index is 10.6. The fourth-order valence-electron chi connectivity index (χ4n) is 1.45. The summed E-state index contributed by atoms with van der Waals surface area (Å²) >= 11 is 0. The lowest BCUT2D eigenvalue weighted by Gasteiger charge is -2.09. The van der Waals surface area contributed by atoms with Crippen molar-refractivity contribution in [3.05, 3.63) is 39.9 Å². The highest BCUT2D eigenvalue weighted by molar-refractivity contribution is 5.66. The molecule has 0 aliphatic rings. The molecule has 1 atom stereocenters. The molecule has 0 amide bonds. The second-order valence-corrected chi connectivity index (χ2v) is 3.69. The highest BCUT2D eigenvalue weighted by atomic mass is 16.6. The zero-order valence-electron chi connectivity index (χ0n) is 8.92. The number of non-ortho nitro benzene ring substituents is 1. The molecular formula is C11H13NO4. The number of carboxylic acid groups (broad SMARTS) is 1. The Morgan fingerprint density at radius 3 is 2.81 bits per heavy atom. The molecule has 1 unspecified atom stereocenters. The van der Waals surface area contributed by atoms with Crippen molar-refractivity contribution in [3.63, 3.8) is 0 Å². The standard InChI is InChI=1S/C11H13NO4/c1-8(5-6-11(13)14)9-3-2-4-10(7-9)12(15)16/h2-4,7-8H,5-6H2,1H3,(H,13,14). The Morgan fingerprint density at radius 1 is 1.56 bits per heavy atom. The second-order valence-electron chi connectivity index (χ2n) is 3.69. The van der Waals surface area contributed by atoms with E-state index in [4.69, 9.17) is 5.11 Å². The van der Waals surface area contributed by atoms with Gasteiger partial charge in [-0.25, -0.2) is 0 Å². The minimum absolute atomic E-state index is 0.0102. The normalized spacial score (nSPS) is 12.1. The van der Waals surface area contributed by atoms with Gasteiger partial charge in [0.15, 0.2) is 0 Å². The van der Waals surface area contributed by atoms with Crippen LogP contribution in [0.3, 0.4) is 0 Å². The molecule has 5 nitrogen and oxygen atoms in total. The van der Waals surface area contributed by atoms with Crippen LogP contribution in [0, 0.1) is 10.1 Å². The van der Waals surface area contributed by atoms with Gasteiger partial charge in [-0.15, -0.1) is 0 Å². The van der Waals surface area contributed by atoms with Gasteiger partial charge < -0.3 is 5.11 Å². The lowest BCUT2D eigenvalue weighted by molar-refractivity contribution is -0.384. The van der Waals surface area contributed by atoms with Crippen molar-refractivity contribution >= 4 is 11.7 Å². The van der Waals surface area contributed by atoms with Crippen LogP contribution >= 0.6 is 0 Å². The summed E-state index contributed by atoms with van der Waals surface area (Å²) in [6, 6.07) is 6.31. The summed E-state index contributed by atoms with van der Waals surface area (Å²) in [6.07, 6.45) is 0.556. The van der Waals surface area contributed by atoms with Gasteiger partial charge >= 0.3 is 5.97 Å². The first-order valence-corrected chi connectivity index (χ1v) is 4.97. The summed E-state index contributed by atoms with van der Waals surface area (Å²) in [5.74, 6) is -0.840. The largest absolute Gasteiger partial charge is 0.481 e. The van der Waals surface area contributed by atoms with Crippen molar-refractivity contribution in [1.29, 1.82) is 0 Å². The monoisotopic (exact) mass is 223 g/mol. The molecule has 1 N–H and O–H groups in total. The summed E-state index contributed by atoms with van der Waals surface area (Å²) in [6.45, 7) is 1.86. The van der Waals surface area contributed by atoms with Crippen molar-refractivity contribution < 1.29 is 14.8 Å². The van der Waals surface area contributed by atoms with Crippen LogP contribution in [0.25, 0.3) is 0 Å². The van der Waals surface area contributed by atoms with Crippen LogP contribution in [-0.2, 0) is 4.79 Å². The number of nitro benzene ring substituents is 1. The maximum Gasteiger partial charge on any atom is 0.303 e. The van der Waals surface area contributed by atoms with Crippen LogP contribution in [0.4, 0.5) is 5.69 Å². The van der Waals surface area contributed by atoms with Gasteiger partial charge in [0.05, 0.1) is 4.92 Å². The third kappa shape index (κ3) is 3.34. The van der Waals surface area contributed by atoms with Gasteiger partial charge in [0.25, 0.3) is 5.69 Å². The third-order valence-electron chi connectivity index (χ3n) is 2.44. The highest BCUT2D eigenvalue weighted by Gasteiger charge is 2.11. The number of carboxylic acids is 1. The number of nitro groups is 1. The van der Waals surface area contributed by atoms with Crippen LogP contribution < -0.4 is 0 Å². The molecule has 0 saturated heterocycles. The smallest absolute Gasteiger partial charge is 0.303 e. The van der Waals surface area contributed by atoms with E-state index in [9.17, 15) is 14.9 Å². The Kier molecular flexibility index (Phi) is 3.99. The van der Waals surface area contributed by atoms with E-state index < -0.39 is 10.9 Å². The molecule has 16 heavy (non-hydrogen) atoms. The van der Waals surface area contributed by atoms with E-state index in [0.717, 1.165) is 5.56 Å². The average molecular weight is 223 g/mol. The molecule has 0 aliphatic heterocycles. The molecule has 5 heteroatoms. The van der Waals surface area contributed by atoms with Crippen LogP contribution in [-0.4, -0.2) is 16.0 Å². The van der Waals surface area contributed by atoms with Crippen molar-refractivity contribution in [2.24, 2.45) is 0 Å². The number of carbonyl (C=O) groups is 1. The van der Waals surface area contributed by atoms with Crippen LogP contribution in [0.1, 0.15) is 31.2 Å². The van der Waals surface area contributed by atoms with E-state index in [0.29, 0.717) is 6.42 Å². The van der Waals surface area contributed by atoms with Gasteiger partial charge in [-0.3, -0.25) is 14.9 Å². The van der Waals surface area contributed by atoms with Gasteiger partial charge in [-0.2, -0.15) is 0 Å². The fourth-order valence-corrected chi connectivity index (χ4v) is 1.45. The van der Waals surface area contributed by atoms with Crippen molar-refractivity contribution in [3.8, 4) is 0 Å². The molecule has 0 spiro atoms. The minimum Gasteiger partial charge on any atom is -0.481 e. The molecule has 86 valence electrons. The van der Waals surface area contributed by atoms with Crippen LogP contribution in [0.15, 0.2) is 24.3 Å². The molecule has 0 aromatic heterocycles. The predicted octanol–water partition coefficient (Wildman–Crippen LogP) is 2.56. The van der Waals surface area contributed by atoms with Gasteiger partial charge in [-0.1, -0.05) is 19.1 Å². The maximum atomic E-state index is 10.6. The molecular weight excluding hydrogens is 210 g/mol. The molecule has 0 radical (unpaired) electrons. The average Bonchev–Trinajstić information content (AvgIpc) is 2.26. The summed E-state index contributed by atoms with van der Waals surface area (Å²) in [7, 11) is 0. The Balaban J connectivity index is 2.75. The molecule has 0 saturated carbocycles. The molecule has 1 aromatic carbocycles. The summed E-state index contributed by atoms with van der Waals surface area (Å²) in [5, 5.41) is 19.1. The summed E-state index contributed by atoms with van der Waals surface area (Å²) in [5.41, 5.74) is 0.843. The summed E-state index contributed by atoms with van der Waals surface area (Å²) < 4.78 is 0.